The summed E-state index contributed by atoms with van der Waals surface area (Å²) >= 11 is 0. The number of nitrogens with one attached hydrogen (secondary N) is 1. The highest BCUT2D eigenvalue weighted by molar-refractivity contribution is 5.32. The van der Waals surface area contributed by atoms with Crippen molar-refractivity contribution >= 4 is 0 Å². The van der Waals surface area contributed by atoms with Crippen molar-refractivity contribution in [3.63, 3.8) is 0 Å². The van der Waals surface area contributed by atoms with Crippen molar-refractivity contribution in [2.75, 3.05) is 13.1 Å². The molecule has 12 heavy (non-hydrogen) atoms. The van der Waals surface area contributed by atoms with Gasteiger partial charge in [0.15, 0.2) is 0 Å². The van der Waals surface area contributed by atoms with Gasteiger partial charge in [0.05, 0.1) is 0 Å². The van der Waals surface area contributed by atoms with Gasteiger partial charge in [0, 0.05) is 19.0 Å². The van der Waals surface area contributed by atoms with E-state index in [9.17, 15) is 0 Å². The van der Waals surface area contributed by atoms with E-state index in [0.29, 0.717) is 0 Å². The van der Waals surface area contributed by atoms with E-state index in [1.165, 1.54) is 16.7 Å². The number of hydrogen-bond donors (Lipinski definition) is 1. The lowest BCUT2D eigenvalue weighted by molar-refractivity contribution is 0.448. The Morgan fingerprint density at radius 2 is 1.67 bits per heavy atom. The van der Waals surface area contributed by atoms with Gasteiger partial charge in [-0.15, -0.1) is 0 Å². The third kappa shape index (κ3) is 1.37. The lowest BCUT2D eigenvalue weighted by atomic mass is 9.91. The van der Waals surface area contributed by atoms with Crippen LogP contribution in [0.4, 0.5) is 0 Å². The van der Waals surface area contributed by atoms with E-state index in [2.05, 4.69) is 37.4 Å². The summed E-state index contributed by atoms with van der Waals surface area (Å²) in [6.45, 7) is 6.65. The summed E-state index contributed by atoms with van der Waals surface area (Å²) in [4.78, 5) is 0. The maximum absolute atomic E-state index is 3.30. The minimum absolute atomic E-state index is 0.767. The molecular weight excluding hydrogens is 146 g/mol. The molecule has 0 spiro atoms. The van der Waals surface area contributed by atoms with Crippen LogP contribution in [0.25, 0.3) is 0 Å². The second-order valence-electron chi connectivity index (χ2n) is 3.78. The highest BCUT2D eigenvalue weighted by Crippen LogP contribution is 2.21. The number of aryl methyl sites for hydroxylation is 2. The zero-order valence-electron chi connectivity index (χ0n) is 7.72. The largest absolute Gasteiger partial charge is 0.315 e. The van der Waals surface area contributed by atoms with Crippen LogP contribution in [0.3, 0.4) is 0 Å². The Kier molecular flexibility index (Phi) is 1.89. The average molecular weight is 161 g/mol. The van der Waals surface area contributed by atoms with E-state index < -0.39 is 0 Å². The fourth-order valence-corrected chi connectivity index (χ4v) is 1.77. The van der Waals surface area contributed by atoms with Gasteiger partial charge in [0.25, 0.3) is 0 Å². The number of rotatable bonds is 1. The predicted octanol–water partition coefficient (Wildman–Crippen LogP) is 1.99. The fourth-order valence-electron chi connectivity index (χ4n) is 1.77. The monoisotopic (exact) mass is 161 g/mol. The minimum atomic E-state index is 0.767. The third-order valence-electron chi connectivity index (χ3n) is 2.50. The third-order valence-corrected chi connectivity index (χ3v) is 2.50. The van der Waals surface area contributed by atoms with Crippen molar-refractivity contribution in [2.45, 2.75) is 19.8 Å². The Morgan fingerprint density at radius 3 is 2.08 bits per heavy atom. The first-order valence-corrected chi connectivity index (χ1v) is 4.54. The van der Waals surface area contributed by atoms with Crippen molar-refractivity contribution in [1.29, 1.82) is 0 Å². The Labute approximate surface area is 73.8 Å². The second kappa shape index (κ2) is 2.91. The zero-order valence-corrected chi connectivity index (χ0v) is 7.72. The highest BCUT2D eigenvalue weighted by atomic mass is 14.9. The predicted molar refractivity (Wildman–Crippen MR) is 51.5 cm³/mol. The summed E-state index contributed by atoms with van der Waals surface area (Å²) in [6.07, 6.45) is 0. The molecule has 64 valence electrons. The Bertz CT molecular complexity index is 267. The molecule has 1 saturated heterocycles. The van der Waals surface area contributed by atoms with Gasteiger partial charge < -0.3 is 5.32 Å². The average Bonchev–Trinajstić information content (AvgIpc) is 1.79. The van der Waals surface area contributed by atoms with Crippen LogP contribution in [-0.4, -0.2) is 13.1 Å². The SMILES string of the molecule is Cc1cc(C)cc(C2CNC2)c1. The van der Waals surface area contributed by atoms with E-state index >= 15 is 0 Å². The van der Waals surface area contributed by atoms with Crippen LogP contribution < -0.4 is 5.32 Å². The molecule has 1 N–H and O–H groups in total. The summed E-state index contributed by atoms with van der Waals surface area (Å²) in [5.41, 5.74) is 4.28. The van der Waals surface area contributed by atoms with Gasteiger partial charge in [0.2, 0.25) is 0 Å². The summed E-state index contributed by atoms with van der Waals surface area (Å²) < 4.78 is 0. The van der Waals surface area contributed by atoms with Crippen LogP contribution in [0.2, 0.25) is 0 Å². The van der Waals surface area contributed by atoms with Crippen LogP contribution >= 0.6 is 0 Å². The van der Waals surface area contributed by atoms with Gasteiger partial charge in [-0.05, 0) is 19.4 Å². The summed E-state index contributed by atoms with van der Waals surface area (Å²) in [5.74, 6) is 0.767. The molecule has 0 radical (unpaired) electrons. The molecular formula is C11H15N. The standard InChI is InChI=1S/C11H15N/c1-8-3-9(2)5-10(4-8)11-6-12-7-11/h3-5,11-12H,6-7H2,1-2H3. The molecule has 0 aromatic heterocycles. The van der Waals surface area contributed by atoms with Crippen LogP contribution in [0.15, 0.2) is 18.2 Å². The molecule has 0 bridgehead atoms. The molecule has 1 aliphatic heterocycles. The maximum Gasteiger partial charge on any atom is 0.00887 e. The molecule has 1 aromatic rings. The number of benzene rings is 1. The van der Waals surface area contributed by atoms with E-state index in [-0.39, 0.29) is 0 Å². The molecule has 2 rings (SSSR count). The Morgan fingerprint density at radius 1 is 1.08 bits per heavy atom. The van der Waals surface area contributed by atoms with Crippen LogP contribution in [-0.2, 0) is 0 Å². The molecule has 1 heterocycles. The molecule has 0 amide bonds. The topological polar surface area (TPSA) is 12.0 Å². The van der Waals surface area contributed by atoms with Gasteiger partial charge in [-0.1, -0.05) is 29.3 Å². The molecule has 0 unspecified atom stereocenters. The quantitative estimate of drug-likeness (QED) is 0.664. The first kappa shape index (κ1) is 7.81. The molecule has 1 fully saturated rings. The molecule has 1 nitrogen and oxygen atoms in total. The van der Waals surface area contributed by atoms with Crippen molar-refractivity contribution in [1.82, 2.24) is 5.32 Å². The van der Waals surface area contributed by atoms with E-state index in [0.717, 1.165) is 19.0 Å². The molecule has 0 aliphatic carbocycles. The van der Waals surface area contributed by atoms with Crippen LogP contribution in [0.5, 0.6) is 0 Å². The molecule has 1 aliphatic rings. The first-order chi connectivity index (χ1) is 5.75. The highest BCUT2D eigenvalue weighted by Gasteiger charge is 2.18. The smallest absolute Gasteiger partial charge is 0.00887 e. The van der Waals surface area contributed by atoms with E-state index in [1.54, 1.807) is 0 Å². The summed E-state index contributed by atoms with van der Waals surface area (Å²) in [5, 5.41) is 3.30. The van der Waals surface area contributed by atoms with Gasteiger partial charge in [0.1, 0.15) is 0 Å². The van der Waals surface area contributed by atoms with Gasteiger partial charge in [-0.25, -0.2) is 0 Å². The van der Waals surface area contributed by atoms with E-state index in [4.69, 9.17) is 0 Å². The zero-order chi connectivity index (χ0) is 8.55. The Balaban J connectivity index is 2.30. The maximum atomic E-state index is 3.30. The summed E-state index contributed by atoms with van der Waals surface area (Å²) in [6, 6.07) is 6.84. The lowest BCUT2D eigenvalue weighted by Crippen LogP contribution is -2.39. The van der Waals surface area contributed by atoms with Crippen LogP contribution in [0, 0.1) is 13.8 Å². The lowest BCUT2D eigenvalue weighted by Gasteiger charge is -2.28. The van der Waals surface area contributed by atoms with Gasteiger partial charge in [-0.3, -0.25) is 0 Å². The van der Waals surface area contributed by atoms with E-state index in [1.807, 2.05) is 0 Å². The first-order valence-electron chi connectivity index (χ1n) is 4.54. The van der Waals surface area contributed by atoms with Gasteiger partial charge in [-0.2, -0.15) is 0 Å². The molecule has 1 heteroatoms. The molecule has 1 aromatic carbocycles. The fraction of sp³-hybridized carbons (Fsp3) is 0.455. The second-order valence-corrected chi connectivity index (χ2v) is 3.78. The van der Waals surface area contributed by atoms with Crippen molar-refractivity contribution < 1.29 is 0 Å². The van der Waals surface area contributed by atoms with Crippen molar-refractivity contribution in [3.8, 4) is 0 Å². The van der Waals surface area contributed by atoms with Gasteiger partial charge >= 0.3 is 0 Å². The summed E-state index contributed by atoms with van der Waals surface area (Å²) in [7, 11) is 0. The minimum Gasteiger partial charge on any atom is -0.315 e. The molecule has 0 saturated carbocycles. The Hall–Kier alpha value is -0.820. The van der Waals surface area contributed by atoms with Crippen molar-refractivity contribution in [2.24, 2.45) is 0 Å². The number of hydrogen-bond acceptors (Lipinski definition) is 1. The molecule has 0 atom stereocenters. The van der Waals surface area contributed by atoms with Crippen molar-refractivity contribution in [3.05, 3.63) is 34.9 Å². The normalized spacial score (nSPS) is 17.5. The van der Waals surface area contributed by atoms with Crippen LogP contribution in [0.1, 0.15) is 22.6 Å².